The molecule has 0 N–H and O–H groups in total. The molecule has 0 aliphatic carbocycles. The molecule has 17 heavy (non-hydrogen) atoms. The first-order valence-corrected chi connectivity index (χ1v) is 5.57. The van der Waals surface area contributed by atoms with Gasteiger partial charge in [0, 0.05) is 10.9 Å². The van der Waals surface area contributed by atoms with Crippen molar-refractivity contribution < 1.29 is 22.7 Å². The summed E-state index contributed by atoms with van der Waals surface area (Å²) in [7, 11) is 0. The predicted octanol–water partition coefficient (Wildman–Crippen LogP) is 3.14. The second-order valence-corrected chi connectivity index (χ2v) is 4.37. The topological polar surface area (TPSA) is 26.3 Å². The van der Waals surface area contributed by atoms with Crippen LogP contribution >= 0.6 is 15.9 Å². The molecule has 1 aromatic carbocycles. The van der Waals surface area contributed by atoms with Gasteiger partial charge in [-0.2, -0.15) is 13.2 Å². The van der Waals surface area contributed by atoms with Crippen molar-refractivity contribution >= 4 is 21.7 Å². The van der Waals surface area contributed by atoms with E-state index in [4.69, 9.17) is 0 Å². The van der Waals surface area contributed by atoms with E-state index in [1.165, 1.54) is 0 Å². The standard InChI is InChI=1S/C11H10BrF3O2/c12-9-3-1-2-8(4-9)5-10(16)6-17-7-11(13,14)15/h1-4H,5-7H2. The van der Waals surface area contributed by atoms with Gasteiger partial charge < -0.3 is 4.74 Å². The van der Waals surface area contributed by atoms with Gasteiger partial charge in [-0.15, -0.1) is 0 Å². The van der Waals surface area contributed by atoms with Crippen molar-refractivity contribution in [2.75, 3.05) is 13.2 Å². The van der Waals surface area contributed by atoms with Crippen LogP contribution in [-0.4, -0.2) is 25.2 Å². The summed E-state index contributed by atoms with van der Waals surface area (Å²) in [5.41, 5.74) is 0.736. The summed E-state index contributed by atoms with van der Waals surface area (Å²) in [6.07, 6.45) is -4.33. The molecule has 0 saturated heterocycles. The van der Waals surface area contributed by atoms with E-state index in [1.807, 2.05) is 0 Å². The van der Waals surface area contributed by atoms with Gasteiger partial charge in [-0.1, -0.05) is 28.1 Å². The number of halogens is 4. The van der Waals surface area contributed by atoms with E-state index in [0.29, 0.717) is 0 Å². The summed E-state index contributed by atoms with van der Waals surface area (Å²) in [5.74, 6) is -0.382. The van der Waals surface area contributed by atoms with Gasteiger partial charge in [-0.05, 0) is 17.7 Å². The van der Waals surface area contributed by atoms with Gasteiger partial charge in [-0.3, -0.25) is 4.79 Å². The zero-order valence-electron chi connectivity index (χ0n) is 8.76. The lowest BCUT2D eigenvalue weighted by molar-refractivity contribution is -0.175. The average molecular weight is 311 g/mol. The minimum absolute atomic E-state index is 0.0668. The van der Waals surface area contributed by atoms with Crippen molar-refractivity contribution in [3.63, 3.8) is 0 Å². The van der Waals surface area contributed by atoms with Crippen LogP contribution in [0.1, 0.15) is 5.56 Å². The van der Waals surface area contributed by atoms with Crippen molar-refractivity contribution in [1.82, 2.24) is 0 Å². The second kappa shape index (κ2) is 6.16. The molecule has 0 amide bonds. The highest BCUT2D eigenvalue weighted by atomic mass is 79.9. The third-order valence-electron chi connectivity index (χ3n) is 1.82. The molecule has 0 saturated carbocycles. The maximum atomic E-state index is 11.7. The van der Waals surface area contributed by atoms with Gasteiger partial charge in [-0.25, -0.2) is 0 Å². The van der Waals surface area contributed by atoms with E-state index in [0.717, 1.165) is 10.0 Å². The molecule has 1 rings (SSSR count). The molecular weight excluding hydrogens is 301 g/mol. The molecule has 6 heteroatoms. The summed E-state index contributed by atoms with van der Waals surface area (Å²) in [6.45, 7) is -1.91. The lowest BCUT2D eigenvalue weighted by Gasteiger charge is -2.07. The Bertz CT molecular complexity index is 391. The average Bonchev–Trinajstić information content (AvgIpc) is 2.15. The Morgan fingerprint density at radius 3 is 2.65 bits per heavy atom. The molecule has 0 heterocycles. The van der Waals surface area contributed by atoms with Gasteiger partial charge in [0.15, 0.2) is 5.78 Å². The van der Waals surface area contributed by atoms with Crippen molar-refractivity contribution in [1.29, 1.82) is 0 Å². The van der Waals surface area contributed by atoms with E-state index in [-0.39, 0.29) is 12.2 Å². The molecule has 94 valence electrons. The molecule has 2 nitrogen and oxygen atoms in total. The minimum atomic E-state index is -4.39. The van der Waals surface area contributed by atoms with Gasteiger partial charge in [0.25, 0.3) is 0 Å². The number of hydrogen-bond donors (Lipinski definition) is 0. The highest BCUT2D eigenvalue weighted by Crippen LogP contribution is 2.15. The maximum Gasteiger partial charge on any atom is 0.411 e. The molecule has 0 bridgehead atoms. The molecule has 0 atom stereocenters. The van der Waals surface area contributed by atoms with Crippen molar-refractivity contribution in [2.24, 2.45) is 0 Å². The molecule has 1 aromatic rings. The van der Waals surface area contributed by atoms with Crippen LogP contribution in [0.5, 0.6) is 0 Å². The van der Waals surface area contributed by atoms with Crippen LogP contribution in [0, 0.1) is 0 Å². The number of ketones is 1. The quantitative estimate of drug-likeness (QED) is 0.835. The van der Waals surface area contributed by atoms with E-state index < -0.39 is 19.4 Å². The third kappa shape index (κ3) is 6.43. The monoisotopic (exact) mass is 310 g/mol. The van der Waals surface area contributed by atoms with Crippen LogP contribution in [-0.2, 0) is 16.0 Å². The molecule has 0 spiro atoms. The van der Waals surface area contributed by atoms with Crippen LogP contribution in [0.4, 0.5) is 13.2 Å². The fourth-order valence-electron chi connectivity index (χ4n) is 1.21. The number of ether oxygens (including phenoxy) is 1. The summed E-state index contributed by atoms with van der Waals surface area (Å²) in [5, 5.41) is 0. The van der Waals surface area contributed by atoms with Gasteiger partial charge in [0.05, 0.1) is 0 Å². The van der Waals surface area contributed by atoms with Gasteiger partial charge in [0.1, 0.15) is 13.2 Å². The van der Waals surface area contributed by atoms with E-state index in [1.54, 1.807) is 24.3 Å². The molecular formula is C11H10BrF3O2. The Balaban J connectivity index is 2.35. The third-order valence-corrected chi connectivity index (χ3v) is 2.31. The first kappa shape index (κ1) is 14.2. The van der Waals surface area contributed by atoms with E-state index >= 15 is 0 Å². The molecule has 0 aliphatic heterocycles. The molecule has 0 aliphatic rings. The Kier molecular flexibility index (Phi) is 5.14. The lowest BCUT2D eigenvalue weighted by atomic mass is 10.1. The zero-order valence-corrected chi connectivity index (χ0v) is 10.3. The number of rotatable bonds is 5. The molecule has 0 radical (unpaired) electrons. The van der Waals surface area contributed by atoms with Crippen LogP contribution in [0.2, 0.25) is 0 Å². The highest BCUT2D eigenvalue weighted by molar-refractivity contribution is 9.10. The number of alkyl halides is 3. The molecule has 0 aromatic heterocycles. The Morgan fingerprint density at radius 1 is 1.35 bits per heavy atom. The maximum absolute atomic E-state index is 11.7. The van der Waals surface area contributed by atoms with Crippen molar-refractivity contribution in [3.05, 3.63) is 34.3 Å². The van der Waals surface area contributed by atoms with Crippen LogP contribution in [0.15, 0.2) is 28.7 Å². The van der Waals surface area contributed by atoms with Crippen LogP contribution in [0.3, 0.4) is 0 Å². The summed E-state index contributed by atoms with van der Waals surface area (Å²) in [4.78, 5) is 11.3. The van der Waals surface area contributed by atoms with Crippen LogP contribution in [0.25, 0.3) is 0 Å². The first-order valence-electron chi connectivity index (χ1n) is 4.77. The van der Waals surface area contributed by atoms with Gasteiger partial charge in [0.2, 0.25) is 0 Å². The lowest BCUT2D eigenvalue weighted by Crippen LogP contribution is -2.21. The number of benzene rings is 1. The SMILES string of the molecule is O=C(COCC(F)(F)F)Cc1cccc(Br)c1. The van der Waals surface area contributed by atoms with E-state index in [2.05, 4.69) is 20.7 Å². The number of carbonyl (C=O) groups is 1. The highest BCUT2D eigenvalue weighted by Gasteiger charge is 2.27. The zero-order chi connectivity index (χ0) is 12.9. The van der Waals surface area contributed by atoms with E-state index in [9.17, 15) is 18.0 Å². The number of carbonyl (C=O) groups excluding carboxylic acids is 1. The predicted molar refractivity (Wildman–Crippen MR) is 59.7 cm³/mol. The number of Topliss-reactive ketones (excluding diaryl/α,β-unsaturated/α-hetero) is 1. The van der Waals surface area contributed by atoms with Crippen molar-refractivity contribution in [2.45, 2.75) is 12.6 Å². The molecule has 0 unspecified atom stereocenters. The summed E-state index contributed by atoms with van der Waals surface area (Å²) < 4.78 is 40.3. The summed E-state index contributed by atoms with van der Waals surface area (Å²) in [6, 6.07) is 7.02. The fraction of sp³-hybridized carbons (Fsp3) is 0.364. The normalized spacial score (nSPS) is 11.5. The Hall–Kier alpha value is -0.880. The minimum Gasteiger partial charge on any atom is -0.364 e. The first-order chi connectivity index (χ1) is 7.87. The largest absolute Gasteiger partial charge is 0.411 e. The Labute approximate surface area is 105 Å². The Morgan fingerprint density at radius 2 is 2.06 bits per heavy atom. The summed E-state index contributed by atoms with van der Waals surface area (Å²) >= 11 is 3.24. The molecule has 0 fully saturated rings. The fourth-order valence-corrected chi connectivity index (χ4v) is 1.65. The smallest absolute Gasteiger partial charge is 0.364 e. The number of hydrogen-bond acceptors (Lipinski definition) is 2. The second-order valence-electron chi connectivity index (χ2n) is 3.45. The van der Waals surface area contributed by atoms with Crippen LogP contribution < -0.4 is 0 Å². The van der Waals surface area contributed by atoms with Crippen molar-refractivity contribution in [3.8, 4) is 0 Å². The van der Waals surface area contributed by atoms with Gasteiger partial charge >= 0.3 is 6.18 Å².